The number of rotatable bonds is 7. The third-order valence-electron chi connectivity index (χ3n) is 24.4. The van der Waals surface area contributed by atoms with Crippen molar-refractivity contribution >= 4 is 186 Å². The van der Waals surface area contributed by atoms with Gasteiger partial charge in [-0.3, -0.25) is 4.57 Å². The monoisotopic (exact) mass is 1560 g/mol. The van der Waals surface area contributed by atoms with Gasteiger partial charge in [0.15, 0.2) is 0 Å². The van der Waals surface area contributed by atoms with Crippen molar-refractivity contribution < 1.29 is 8.83 Å². The number of aromatic amines is 1. The van der Waals surface area contributed by atoms with Crippen LogP contribution in [0.15, 0.2) is 409 Å². The molecule has 0 amide bonds. The molecule has 26 aromatic rings. The van der Waals surface area contributed by atoms with Gasteiger partial charge in [0.1, 0.15) is 11.2 Å². The van der Waals surface area contributed by atoms with Gasteiger partial charge in [0.25, 0.3) is 0 Å². The molecule has 0 aliphatic heterocycles. The second kappa shape index (κ2) is 28.2. The topological polar surface area (TPSA) is 98.6 Å². The fourth-order valence-electron chi connectivity index (χ4n) is 19.0. The van der Waals surface area contributed by atoms with Gasteiger partial charge in [0.2, 0.25) is 22.7 Å². The van der Waals surface area contributed by atoms with Gasteiger partial charge >= 0.3 is 0 Å². The van der Waals surface area contributed by atoms with Gasteiger partial charge in [-0.25, -0.2) is 9.97 Å². The molecule has 6 heterocycles. The predicted molar refractivity (Wildman–Crippen MR) is 506 cm³/mol. The average Bonchev–Trinajstić information content (AvgIpc) is 1.20. The molecule has 0 aliphatic rings. The number of furan rings is 2. The van der Waals surface area contributed by atoms with Gasteiger partial charge < -0.3 is 13.8 Å². The minimum atomic E-state index is 0.165. The summed E-state index contributed by atoms with van der Waals surface area (Å²) in [5.74, 6) is 0.559. The fraction of sp³-hybridized carbons (Fsp3) is 0. The van der Waals surface area contributed by atoms with Crippen molar-refractivity contribution in [2.75, 3.05) is 0 Å². The van der Waals surface area contributed by atoms with Crippen molar-refractivity contribution in [2.24, 2.45) is 0 Å². The van der Waals surface area contributed by atoms with Gasteiger partial charge in [0, 0.05) is 70.5 Å². The van der Waals surface area contributed by atoms with Crippen molar-refractivity contribution in [3.63, 3.8) is 0 Å². The molecule has 26 rings (SSSR count). The van der Waals surface area contributed by atoms with E-state index >= 15 is 0 Å². The quantitative estimate of drug-likeness (QED) is 0.126. The first-order valence-electron chi connectivity index (χ1n) is 40.8. The maximum absolute atomic E-state index is 6.71. The van der Waals surface area contributed by atoms with Crippen LogP contribution in [0, 0.1) is 0 Å². The Morgan fingerprint density at radius 1 is 0.231 bits per heavy atom. The van der Waals surface area contributed by atoms with Gasteiger partial charge in [-0.1, -0.05) is 340 Å². The van der Waals surface area contributed by atoms with E-state index in [1.807, 2.05) is 72.8 Å². The number of para-hydroxylation sites is 2. The zero-order chi connectivity index (χ0) is 79.8. The highest BCUT2D eigenvalue weighted by Crippen LogP contribution is 2.49. The lowest BCUT2D eigenvalue weighted by Crippen LogP contribution is -2.03. The Balaban J connectivity index is 0.000000114. The summed E-state index contributed by atoms with van der Waals surface area (Å²) in [6, 6.07) is 142. The zero-order valence-corrected chi connectivity index (χ0v) is 65.8. The summed E-state index contributed by atoms with van der Waals surface area (Å²) in [7, 11) is 0. The molecule has 0 atom stereocenters. The highest BCUT2D eigenvalue weighted by molar-refractivity contribution is 6.38. The molecule has 6 aromatic heterocycles. The van der Waals surface area contributed by atoms with Gasteiger partial charge in [-0.15, -0.1) is 0 Å². The Hall–Kier alpha value is -15.9. The summed E-state index contributed by atoms with van der Waals surface area (Å²) in [6.07, 6.45) is 0. The van der Waals surface area contributed by atoms with E-state index in [2.05, 4.69) is 347 Å². The summed E-state index contributed by atoms with van der Waals surface area (Å²) in [5.41, 5.74) is 19.7. The van der Waals surface area contributed by atoms with E-state index in [9.17, 15) is 0 Å². The minimum absolute atomic E-state index is 0.165. The maximum atomic E-state index is 6.71. The van der Waals surface area contributed by atoms with Crippen LogP contribution >= 0.6 is 11.6 Å². The minimum Gasteiger partial charge on any atom is -0.438 e. The van der Waals surface area contributed by atoms with Crippen LogP contribution in [0.1, 0.15) is 0 Å². The van der Waals surface area contributed by atoms with Crippen molar-refractivity contribution in [3.8, 4) is 73.0 Å². The van der Waals surface area contributed by atoms with Crippen molar-refractivity contribution in [1.29, 1.82) is 0 Å². The molecule has 0 fully saturated rings. The van der Waals surface area contributed by atoms with E-state index in [1.54, 1.807) is 0 Å². The lowest BCUT2D eigenvalue weighted by molar-refractivity contribution is 0.651. The highest BCUT2D eigenvalue weighted by atomic mass is 35.5. The Morgan fingerprint density at radius 2 is 0.579 bits per heavy atom. The highest BCUT2D eigenvalue weighted by Gasteiger charge is 2.27. The smallest absolute Gasteiger partial charge is 0.238 e. The lowest BCUT2D eigenvalue weighted by Gasteiger charge is -2.14. The van der Waals surface area contributed by atoms with Gasteiger partial charge in [-0.2, -0.15) is 9.97 Å². The van der Waals surface area contributed by atoms with Crippen LogP contribution in [0.2, 0.25) is 5.28 Å². The molecule has 20 aromatic carbocycles. The molecule has 0 aliphatic carbocycles. The van der Waals surface area contributed by atoms with Crippen molar-refractivity contribution in [1.82, 2.24) is 29.5 Å². The van der Waals surface area contributed by atoms with Crippen LogP contribution < -0.4 is 0 Å². The Labute approximate surface area is 697 Å². The number of nitrogens with zero attached hydrogens (tertiary/aromatic N) is 5. The molecule has 0 radical (unpaired) electrons. The largest absolute Gasteiger partial charge is 0.438 e. The number of nitrogens with one attached hydrogen (secondary N) is 1. The zero-order valence-electron chi connectivity index (χ0n) is 65.0. The number of halogens is 1. The molecule has 564 valence electrons. The van der Waals surface area contributed by atoms with Crippen LogP contribution in [-0.2, 0) is 0 Å². The van der Waals surface area contributed by atoms with Crippen molar-refractivity contribution in [2.45, 2.75) is 0 Å². The normalized spacial score (nSPS) is 11.8. The van der Waals surface area contributed by atoms with Crippen molar-refractivity contribution in [3.05, 3.63) is 406 Å². The third-order valence-corrected chi connectivity index (χ3v) is 24.5. The molecule has 0 saturated heterocycles. The molecule has 1 N–H and O–H groups in total. The van der Waals surface area contributed by atoms with E-state index in [4.69, 9.17) is 30.4 Å². The van der Waals surface area contributed by atoms with E-state index in [0.29, 0.717) is 17.4 Å². The average molecular weight is 1560 g/mol. The van der Waals surface area contributed by atoms with Gasteiger partial charge in [0.05, 0.1) is 38.7 Å². The summed E-state index contributed by atoms with van der Waals surface area (Å²) < 4.78 is 15.0. The van der Waals surface area contributed by atoms with E-state index < -0.39 is 0 Å². The lowest BCUT2D eigenvalue weighted by atomic mass is 9.91. The SMILES string of the molecule is Clc1nc(-c2cc(-c3ccccc3)cc(-c3ccccc3)c2)c2c(n1)oc1ccccc12.c1ccc(-c2cc(-c3ccccc3)cc(-c3nc(-n4c5ccc6c7ccccc7c7ccccc7c6c5c5ccc6ccccc6c54)nc4oc5ccccc5c34)c2)cc1.c1ccc2c(c1)ccc1c2[nH]c2ccc3c4ccccc4c4ccccc4c3c21. The Kier molecular flexibility index (Phi) is 16.2. The molecular formula is C112H67ClN6O2. The van der Waals surface area contributed by atoms with Gasteiger partial charge in [-0.05, 0) is 181 Å². The molecule has 0 spiro atoms. The van der Waals surface area contributed by atoms with Crippen LogP contribution in [0.5, 0.6) is 0 Å². The number of aromatic nitrogens is 6. The molecule has 121 heavy (non-hydrogen) atoms. The van der Waals surface area contributed by atoms with E-state index in [1.165, 1.54) is 103 Å². The van der Waals surface area contributed by atoms with Crippen LogP contribution in [-0.4, -0.2) is 29.5 Å². The number of hydrogen-bond donors (Lipinski definition) is 1. The maximum Gasteiger partial charge on any atom is 0.238 e. The first-order valence-corrected chi connectivity index (χ1v) is 41.2. The van der Waals surface area contributed by atoms with Crippen LogP contribution in [0.4, 0.5) is 0 Å². The Morgan fingerprint density at radius 3 is 1.07 bits per heavy atom. The van der Waals surface area contributed by atoms with Crippen LogP contribution in [0.3, 0.4) is 0 Å². The second-order valence-electron chi connectivity index (χ2n) is 31.2. The summed E-state index contributed by atoms with van der Waals surface area (Å²) in [5, 5.41) is 29.0. The Bertz CT molecular complexity index is 8550. The first kappa shape index (κ1) is 69.4. The summed E-state index contributed by atoms with van der Waals surface area (Å²) in [4.78, 5) is 23.8. The molecule has 8 nitrogen and oxygen atoms in total. The molecule has 0 unspecified atom stereocenters. The molecule has 0 bridgehead atoms. The molecule has 0 saturated carbocycles. The molecular weight excluding hydrogens is 1500 g/mol. The summed E-state index contributed by atoms with van der Waals surface area (Å²) >= 11 is 6.33. The second-order valence-corrected chi connectivity index (χ2v) is 31.5. The predicted octanol–water partition coefficient (Wildman–Crippen LogP) is 31.1. The third kappa shape index (κ3) is 11.4. The number of benzene rings is 20. The van der Waals surface area contributed by atoms with Crippen LogP contribution in [0.25, 0.3) is 247 Å². The fourth-order valence-corrected chi connectivity index (χ4v) is 19.2. The van der Waals surface area contributed by atoms with E-state index in [-0.39, 0.29) is 5.28 Å². The number of H-pyrrole nitrogens is 1. The standard InChI is InChI=1S/C56H33N3O.C28H17ClN2O.C28H17N/c1-3-15-34(16-4-1)37-31-38(35-17-5-2-6-18-35)33-39(32-37)53-52-46-25-13-14-26-49(46)60-55(52)58-56(57-53)59-48-30-29-45-43-23-10-9-21-41(43)42-22-11-12-24-44(42)50(45)51(48)47-28-27-36-19-7-8-20-40(36)54(47)59;29-28-30-26(25-23-13-7-8-14-24(23)32-27(25)31-28)22-16-20(18-9-3-1-4-10-18)15-21(17-22)19-11-5-2-6-12-19;1-2-8-18-17(7-1)13-14-24-27-25(29-28(18)24)16-15-23-21-11-4-3-9-19(21)20-10-5-6-12-22(20)26(23)27/h1-33H;1-17H;1-16,29H. The molecule has 9 heteroatoms. The first-order chi connectivity index (χ1) is 59.9. The van der Waals surface area contributed by atoms with E-state index in [0.717, 1.165) is 127 Å². The summed E-state index contributed by atoms with van der Waals surface area (Å²) in [6.45, 7) is 0. The number of hydrogen-bond acceptors (Lipinski definition) is 6. The number of fused-ring (bicyclic) bond motifs is 30.